The lowest BCUT2D eigenvalue weighted by Crippen LogP contribution is -2.30. The summed E-state index contributed by atoms with van der Waals surface area (Å²) in [6, 6.07) is 12.7. The van der Waals surface area contributed by atoms with Gasteiger partial charge >= 0.3 is 0 Å². The highest BCUT2D eigenvalue weighted by Crippen LogP contribution is 2.28. The van der Waals surface area contributed by atoms with E-state index in [-0.39, 0.29) is 4.90 Å². The van der Waals surface area contributed by atoms with Gasteiger partial charge in [0.2, 0.25) is 15.9 Å². The van der Waals surface area contributed by atoms with E-state index in [2.05, 4.69) is 9.97 Å². The van der Waals surface area contributed by atoms with Gasteiger partial charge in [-0.2, -0.15) is 4.31 Å². The lowest BCUT2D eigenvalue weighted by Gasteiger charge is -2.18. The van der Waals surface area contributed by atoms with Crippen LogP contribution >= 0.6 is 0 Å². The molecule has 0 amide bonds. The van der Waals surface area contributed by atoms with Crippen LogP contribution in [-0.2, 0) is 10.0 Å². The Labute approximate surface area is 153 Å². The first-order chi connectivity index (χ1) is 12.5. The highest BCUT2D eigenvalue weighted by atomic mass is 32.2. The van der Waals surface area contributed by atoms with Crippen molar-refractivity contribution in [2.24, 2.45) is 0 Å². The summed E-state index contributed by atoms with van der Waals surface area (Å²) in [4.78, 5) is 8.84. The van der Waals surface area contributed by atoms with Gasteiger partial charge in [-0.05, 0) is 25.1 Å². The molecule has 0 aliphatic heterocycles. The molecule has 0 N–H and O–H groups in total. The Bertz CT molecular complexity index is 1010. The second-order valence-corrected chi connectivity index (χ2v) is 7.74. The van der Waals surface area contributed by atoms with E-state index in [0.717, 1.165) is 16.6 Å². The molecule has 0 saturated carbocycles. The summed E-state index contributed by atoms with van der Waals surface area (Å²) in [6.07, 6.45) is 1.33. The quantitative estimate of drug-likeness (QED) is 0.660. The summed E-state index contributed by atoms with van der Waals surface area (Å²) in [6.45, 7) is 6.36. The number of ether oxygens (including phenoxy) is 1. The summed E-state index contributed by atoms with van der Waals surface area (Å²) in [5.41, 5.74) is 1.64. The van der Waals surface area contributed by atoms with Crippen molar-refractivity contribution >= 4 is 20.9 Å². The van der Waals surface area contributed by atoms with Gasteiger partial charge in [0.1, 0.15) is 10.4 Å². The van der Waals surface area contributed by atoms with Crippen molar-refractivity contribution < 1.29 is 13.2 Å². The first kappa shape index (κ1) is 18.3. The minimum Gasteiger partial charge on any atom is -0.437 e. The average molecular weight is 371 g/mol. The van der Waals surface area contributed by atoms with Crippen LogP contribution in [0.4, 0.5) is 0 Å². The largest absolute Gasteiger partial charge is 0.437 e. The van der Waals surface area contributed by atoms with Crippen molar-refractivity contribution in [2.75, 3.05) is 13.1 Å². The van der Waals surface area contributed by atoms with Gasteiger partial charge in [0.15, 0.2) is 5.75 Å². The van der Waals surface area contributed by atoms with Crippen LogP contribution in [0.15, 0.2) is 53.6 Å². The lowest BCUT2D eigenvalue weighted by molar-refractivity contribution is 0.443. The van der Waals surface area contributed by atoms with Crippen LogP contribution < -0.4 is 4.74 Å². The molecule has 0 fully saturated rings. The Morgan fingerprint density at radius 2 is 1.81 bits per heavy atom. The lowest BCUT2D eigenvalue weighted by atomic mass is 10.2. The number of aromatic nitrogens is 2. The van der Waals surface area contributed by atoms with Crippen molar-refractivity contribution in [3.63, 3.8) is 0 Å². The third kappa shape index (κ3) is 3.54. The number of hydrogen-bond acceptors (Lipinski definition) is 5. The zero-order valence-corrected chi connectivity index (χ0v) is 15.8. The fourth-order valence-electron chi connectivity index (χ4n) is 2.70. The molecule has 26 heavy (non-hydrogen) atoms. The molecule has 7 heteroatoms. The molecule has 0 atom stereocenters. The van der Waals surface area contributed by atoms with Crippen molar-refractivity contribution in [3.8, 4) is 11.6 Å². The molecule has 0 aliphatic carbocycles. The second-order valence-electron chi connectivity index (χ2n) is 5.80. The zero-order chi connectivity index (χ0) is 18.7. The fourth-order valence-corrected chi connectivity index (χ4v) is 4.11. The summed E-state index contributed by atoms with van der Waals surface area (Å²) in [7, 11) is -3.53. The summed E-state index contributed by atoms with van der Waals surface area (Å²) in [5, 5.41) is 0.967. The summed E-state index contributed by atoms with van der Waals surface area (Å²) >= 11 is 0. The fraction of sp³-hybridized carbons (Fsp3) is 0.263. The van der Waals surface area contributed by atoms with Gasteiger partial charge in [-0.15, -0.1) is 0 Å². The Hall–Kier alpha value is -2.51. The maximum absolute atomic E-state index is 12.5. The molecule has 6 nitrogen and oxygen atoms in total. The smallest absolute Gasteiger partial charge is 0.244 e. The van der Waals surface area contributed by atoms with Crippen molar-refractivity contribution in [3.05, 3.63) is 54.4 Å². The molecule has 3 aromatic rings. The molecule has 0 radical (unpaired) electrons. The zero-order valence-electron chi connectivity index (χ0n) is 15.0. The highest BCUT2D eigenvalue weighted by Gasteiger charge is 2.22. The molecule has 0 unspecified atom stereocenters. The summed E-state index contributed by atoms with van der Waals surface area (Å²) < 4.78 is 32.3. The van der Waals surface area contributed by atoms with Crippen LogP contribution in [0, 0.1) is 6.92 Å². The van der Waals surface area contributed by atoms with Crippen LogP contribution in [0.25, 0.3) is 10.9 Å². The summed E-state index contributed by atoms with van der Waals surface area (Å²) in [5.74, 6) is 0.900. The van der Waals surface area contributed by atoms with E-state index in [9.17, 15) is 8.42 Å². The van der Waals surface area contributed by atoms with E-state index >= 15 is 0 Å². The van der Waals surface area contributed by atoms with E-state index in [1.165, 1.54) is 16.6 Å². The predicted molar refractivity (Wildman–Crippen MR) is 101 cm³/mol. The minimum atomic E-state index is -3.53. The van der Waals surface area contributed by atoms with E-state index < -0.39 is 10.0 Å². The molecule has 136 valence electrons. The van der Waals surface area contributed by atoms with Gasteiger partial charge in [-0.1, -0.05) is 32.0 Å². The molecule has 0 aliphatic rings. The van der Waals surface area contributed by atoms with Crippen LogP contribution in [0.2, 0.25) is 0 Å². The first-order valence-electron chi connectivity index (χ1n) is 8.46. The number of pyridine rings is 2. The number of nitrogens with zero attached hydrogens (tertiary/aromatic N) is 3. The standard InChI is InChI=1S/C19H21N3O3S/c1-4-22(5-2)26(23,24)16-11-12-18(20-13-16)25-17-8-6-7-15-10-9-14(3)21-19(15)17/h6-13H,4-5H2,1-3H3. The van der Waals surface area contributed by atoms with Gasteiger partial charge in [0, 0.05) is 30.2 Å². The average Bonchev–Trinajstić information content (AvgIpc) is 2.63. The van der Waals surface area contributed by atoms with E-state index in [1.54, 1.807) is 6.07 Å². The van der Waals surface area contributed by atoms with Crippen LogP contribution in [0.1, 0.15) is 19.5 Å². The van der Waals surface area contributed by atoms with Crippen molar-refractivity contribution in [1.29, 1.82) is 0 Å². The van der Waals surface area contributed by atoms with Gasteiger partial charge < -0.3 is 4.74 Å². The first-order valence-corrected chi connectivity index (χ1v) is 9.90. The van der Waals surface area contributed by atoms with E-state index in [1.807, 2.05) is 51.1 Å². The minimum absolute atomic E-state index is 0.153. The van der Waals surface area contributed by atoms with Crippen LogP contribution in [0.5, 0.6) is 11.6 Å². The number of hydrogen-bond donors (Lipinski definition) is 0. The molecule has 0 saturated heterocycles. The number of fused-ring (bicyclic) bond motifs is 1. The monoisotopic (exact) mass is 371 g/mol. The Morgan fingerprint density at radius 1 is 1.04 bits per heavy atom. The molecular formula is C19H21N3O3S. The molecule has 2 heterocycles. The number of para-hydroxylation sites is 1. The second kappa shape index (κ2) is 7.39. The van der Waals surface area contributed by atoms with E-state index in [4.69, 9.17) is 4.74 Å². The molecule has 0 spiro atoms. The van der Waals surface area contributed by atoms with E-state index in [0.29, 0.717) is 24.7 Å². The number of rotatable bonds is 6. The van der Waals surface area contributed by atoms with Crippen molar-refractivity contribution in [1.82, 2.24) is 14.3 Å². The van der Waals surface area contributed by atoms with Crippen LogP contribution in [-0.4, -0.2) is 35.8 Å². The SMILES string of the molecule is CCN(CC)S(=O)(=O)c1ccc(Oc2cccc3ccc(C)nc23)nc1. The third-order valence-corrected chi connectivity index (χ3v) is 6.12. The molecule has 1 aromatic carbocycles. The Morgan fingerprint density at radius 3 is 2.46 bits per heavy atom. The van der Waals surface area contributed by atoms with Gasteiger partial charge in [-0.3, -0.25) is 0 Å². The number of benzene rings is 1. The normalized spacial score (nSPS) is 11.8. The van der Waals surface area contributed by atoms with Gasteiger partial charge in [0.05, 0.1) is 6.20 Å². The molecular weight excluding hydrogens is 350 g/mol. The Kier molecular flexibility index (Phi) is 5.20. The maximum atomic E-state index is 12.5. The van der Waals surface area contributed by atoms with Gasteiger partial charge in [0.25, 0.3) is 0 Å². The number of aryl methyl sites for hydroxylation is 1. The molecule has 3 rings (SSSR count). The van der Waals surface area contributed by atoms with Crippen molar-refractivity contribution in [2.45, 2.75) is 25.7 Å². The Balaban J connectivity index is 1.90. The van der Waals surface area contributed by atoms with Gasteiger partial charge in [-0.25, -0.2) is 18.4 Å². The third-order valence-electron chi connectivity index (χ3n) is 4.09. The highest BCUT2D eigenvalue weighted by molar-refractivity contribution is 7.89. The predicted octanol–water partition coefficient (Wildman–Crippen LogP) is 3.76. The molecule has 0 bridgehead atoms. The van der Waals surface area contributed by atoms with Crippen LogP contribution in [0.3, 0.4) is 0 Å². The maximum Gasteiger partial charge on any atom is 0.244 e. The molecule has 2 aromatic heterocycles. The number of sulfonamides is 1. The topological polar surface area (TPSA) is 72.4 Å².